The third-order valence-electron chi connectivity index (χ3n) is 2.13. The number of ketones is 1. The topological polar surface area (TPSA) is 17.1 Å². The van der Waals surface area contributed by atoms with Crippen LogP contribution in [0.25, 0.3) is 0 Å². The lowest BCUT2D eigenvalue weighted by Gasteiger charge is -2.30. The van der Waals surface area contributed by atoms with E-state index in [1.165, 1.54) is 0 Å². The fourth-order valence-corrected chi connectivity index (χ4v) is 1.32. The predicted molar refractivity (Wildman–Crippen MR) is 37.5 cm³/mol. The van der Waals surface area contributed by atoms with Crippen molar-refractivity contribution < 1.29 is 9.18 Å². The van der Waals surface area contributed by atoms with Crippen LogP contribution in [0.2, 0.25) is 0 Å². The molecule has 0 heterocycles. The number of halogens is 1. The van der Waals surface area contributed by atoms with Gasteiger partial charge in [0, 0.05) is 6.42 Å². The standard InChI is InChI=1S/C8H13FO/c1-8(2)4-3-7(10)6(9)5-8/h6H,3-5H2,1-2H3/t6-/m1/s1. The second-order valence-corrected chi connectivity index (χ2v) is 3.80. The summed E-state index contributed by atoms with van der Waals surface area (Å²) in [7, 11) is 0. The Morgan fingerprint density at radius 3 is 2.60 bits per heavy atom. The zero-order valence-corrected chi connectivity index (χ0v) is 6.48. The van der Waals surface area contributed by atoms with Gasteiger partial charge in [-0.2, -0.15) is 0 Å². The number of rotatable bonds is 0. The zero-order chi connectivity index (χ0) is 7.78. The quantitative estimate of drug-likeness (QED) is 0.509. The summed E-state index contributed by atoms with van der Waals surface area (Å²) in [6.07, 6.45) is 0.482. The molecule has 0 aliphatic heterocycles. The van der Waals surface area contributed by atoms with E-state index in [9.17, 15) is 9.18 Å². The van der Waals surface area contributed by atoms with E-state index in [0.29, 0.717) is 12.8 Å². The van der Waals surface area contributed by atoms with E-state index in [4.69, 9.17) is 0 Å². The highest BCUT2D eigenvalue weighted by molar-refractivity contribution is 5.83. The molecule has 1 aliphatic rings. The van der Waals surface area contributed by atoms with Gasteiger partial charge in [0.15, 0.2) is 12.0 Å². The number of alkyl halides is 1. The molecule has 1 nitrogen and oxygen atoms in total. The molecule has 0 bridgehead atoms. The maximum absolute atomic E-state index is 12.7. The molecule has 2 heteroatoms. The van der Waals surface area contributed by atoms with Crippen molar-refractivity contribution in [3.8, 4) is 0 Å². The van der Waals surface area contributed by atoms with Gasteiger partial charge in [0.25, 0.3) is 0 Å². The van der Waals surface area contributed by atoms with E-state index in [-0.39, 0.29) is 11.2 Å². The predicted octanol–water partition coefficient (Wildman–Crippen LogP) is 2.10. The maximum Gasteiger partial charge on any atom is 0.166 e. The van der Waals surface area contributed by atoms with Gasteiger partial charge in [-0.3, -0.25) is 4.79 Å². The minimum atomic E-state index is -1.19. The average molecular weight is 144 g/mol. The molecule has 0 spiro atoms. The Kier molecular flexibility index (Phi) is 1.80. The summed E-state index contributed by atoms with van der Waals surface area (Å²) in [4.78, 5) is 10.7. The first-order valence-electron chi connectivity index (χ1n) is 3.68. The van der Waals surface area contributed by atoms with Crippen LogP contribution in [-0.2, 0) is 4.79 Å². The van der Waals surface area contributed by atoms with Gasteiger partial charge in [-0.25, -0.2) is 4.39 Å². The fourth-order valence-electron chi connectivity index (χ4n) is 1.32. The van der Waals surface area contributed by atoms with E-state index >= 15 is 0 Å². The van der Waals surface area contributed by atoms with Crippen LogP contribution in [0.3, 0.4) is 0 Å². The lowest BCUT2D eigenvalue weighted by molar-refractivity contribution is -0.128. The van der Waals surface area contributed by atoms with Crippen LogP contribution in [-0.4, -0.2) is 12.0 Å². The Labute approximate surface area is 60.6 Å². The van der Waals surface area contributed by atoms with Crippen LogP contribution in [0.5, 0.6) is 0 Å². The third-order valence-corrected chi connectivity index (χ3v) is 2.13. The molecular formula is C8H13FO. The van der Waals surface area contributed by atoms with Gasteiger partial charge in [0.2, 0.25) is 0 Å². The van der Waals surface area contributed by atoms with Crippen LogP contribution in [0.1, 0.15) is 33.1 Å². The molecule has 1 aliphatic carbocycles. The van der Waals surface area contributed by atoms with Crippen LogP contribution < -0.4 is 0 Å². The zero-order valence-electron chi connectivity index (χ0n) is 6.48. The summed E-state index contributed by atoms with van der Waals surface area (Å²) in [6, 6.07) is 0. The third kappa shape index (κ3) is 1.55. The second-order valence-electron chi connectivity index (χ2n) is 3.80. The lowest BCUT2D eigenvalue weighted by atomic mass is 9.76. The van der Waals surface area contributed by atoms with Gasteiger partial charge in [-0.05, 0) is 18.3 Å². The number of hydrogen-bond acceptors (Lipinski definition) is 1. The minimum Gasteiger partial charge on any atom is -0.296 e. The summed E-state index contributed by atoms with van der Waals surface area (Å²) >= 11 is 0. The summed E-state index contributed by atoms with van der Waals surface area (Å²) in [5.74, 6) is -0.209. The van der Waals surface area contributed by atoms with Crippen LogP contribution in [0.15, 0.2) is 0 Å². The Bertz CT molecular complexity index is 151. The molecule has 0 aromatic carbocycles. The monoisotopic (exact) mass is 144 g/mol. The Balaban J connectivity index is 2.57. The van der Waals surface area contributed by atoms with E-state index in [1.54, 1.807) is 0 Å². The van der Waals surface area contributed by atoms with Crippen molar-refractivity contribution in [1.82, 2.24) is 0 Å². The highest BCUT2D eigenvalue weighted by Crippen LogP contribution is 2.34. The number of hydrogen-bond donors (Lipinski definition) is 0. The molecule has 0 unspecified atom stereocenters. The molecule has 1 rings (SSSR count). The first kappa shape index (κ1) is 7.70. The van der Waals surface area contributed by atoms with Crippen molar-refractivity contribution in [3.63, 3.8) is 0 Å². The van der Waals surface area contributed by atoms with Crippen molar-refractivity contribution in [3.05, 3.63) is 0 Å². The smallest absolute Gasteiger partial charge is 0.166 e. The van der Waals surface area contributed by atoms with E-state index in [0.717, 1.165) is 6.42 Å². The number of carbonyl (C=O) groups is 1. The lowest BCUT2D eigenvalue weighted by Crippen LogP contribution is -2.30. The van der Waals surface area contributed by atoms with Gasteiger partial charge < -0.3 is 0 Å². The van der Waals surface area contributed by atoms with E-state index < -0.39 is 6.17 Å². The summed E-state index contributed by atoms with van der Waals surface area (Å²) in [6.45, 7) is 4.01. The normalized spacial score (nSPS) is 32.3. The van der Waals surface area contributed by atoms with Gasteiger partial charge in [-0.15, -0.1) is 0 Å². The Morgan fingerprint density at radius 1 is 1.60 bits per heavy atom. The molecule has 10 heavy (non-hydrogen) atoms. The van der Waals surface area contributed by atoms with E-state index in [2.05, 4.69) is 0 Å². The number of Topliss-reactive ketones (excluding diaryl/α,β-unsaturated/α-hetero) is 1. The van der Waals surface area contributed by atoms with Gasteiger partial charge in [0.05, 0.1) is 0 Å². The minimum absolute atomic E-state index is 0.0350. The molecule has 0 saturated heterocycles. The van der Waals surface area contributed by atoms with Crippen molar-refractivity contribution in [1.29, 1.82) is 0 Å². The second kappa shape index (κ2) is 2.33. The molecular weight excluding hydrogens is 131 g/mol. The molecule has 0 amide bonds. The summed E-state index contributed by atoms with van der Waals surface area (Å²) in [5.41, 5.74) is 0.0350. The maximum atomic E-state index is 12.7. The molecule has 0 aromatic heterocycles. The van der Waals surface area contributed by atoms with Crippen LogP contribution in [0.4, 0.5) is 4.39 Å². The highest BCUT2D eigenvalue weighted by Gasteiger charge is 2.33. The van der Waals surface area contributed by atoms with Gasteiger partial charge in [-0.1, -0.05) is 13.8 Å². The summed E-state index contributed by atoms with van der Waals surface area (Å²) < 4.78 is 12.7. The molecule has 1 fully saturated rings. The molecule has 0 radical (unpaired) electrons. The molecule has 58 valence electrons. The fraction of sp³-hybridized carbons (Fsp3) is 0.875. The van der Waals surface area contributed by atoms with Crippen LogP contribution >= 0.6 is 0 Å². The van der Waals surface area contributed by atoms with Crippen molar-refractivity contribution >= 4 is 5.78 Å². The average Bonchev–Trinajstić information content (AvgIpc) is 1.79. The number of carbonyl (C=O) groups excluding carboxylic acids is 1. The van der Waals surface area contributed by atoms with Crippen molar-refractivity contribution in [2.75, 3.05) is 0 Å². The first-order chi connectivity index (χ1) is 4.51. The van der Waals surface area contributed by atoms with Crippen molar-refractivity contribution in [2.45, 2.75) is 39.3 Å². The summed E-state index contributed by atoms with van der Waals surface area (Å²) in [5, 5.41) is 0. The van der Waals surface area contributed by atoms with Crippen molar-refractivity contribution in [2.24, 2.45) is 5.41 Å². The van der Waals surface area contributed by atoms with Gasteiger partial charge >= 0.3 is 0 Å². The van der Waals surface area contributed by atoms with E-state index in [1.807, 2.05) is 13.8 Å². The largest absolute Gasteiger partial charge is 0.296 e. The van der Waals surface area contributed by atoms with Crippen LogP contribution in [0, 0.1) is 5.41 Å². The molecule has 0 N–H and O–H groups in total. The Morgan fingerprint density at radius 2 is 2.20 bits per heavy atom. The molecule has 1 saturated carbocycles. The first-order valence-corrected chi connectivity index (χ1v) is 3.68. The molecule has 1 atom stereocenters. The highest BCUT2D eigenvalue weighted by atomic mass is 19.1. The Hall–Kier alpha value is -0.400. The SMILES string of the molecule is CC1(C)CCC(=O)[C@H](F)C1. The molecule has 0 aromatic rings. The van der Waals surface area contributed by atoms with Gasteiger partial charge in [0.1, 0.15) is 0 Å².